The Morgan fingerprint density at radius 2 is 2.20 bits per heavy atom. The second-order valence-electron chi connectivity index (χ2n) is 4.95. The summed E-state index contributed by atoms with van der Waals surface area (Å²) in [7, 11) is 0. The number of aromatic amines is 1. The van der Waals surface area contributed by atoms with Crippen LogP contribution in [-0.4, -0.2) is 30.8 Å². The summed E-state index contributed by atoms with van der Waals surface area (Å²) in [4.78, 5) is 4.07. The summed E-state index contributed by atoms with van der Waals surface area (Å²) < 4.78 is 2.94. The van der Waals surface area contributed by atoms with E-state index in [1.54, 1.807) is 12.4 Å². The van der Waals surface area contributed by atoms with Gasteiger partial charge in [0.2, 0.25) is 0 Å². The first-order valence-electron chi connectivity index (χ1n) is 7.00. The van der Waals surface area contributed by atoms with Gasteiger partial charge in [-0.3, -0.25) is 14.6 Å². The summed E-state index contributed by atoms with van der Waals surface area (Å²) in [6, 6.07) is 4.42. The van der Waals surface area contributed by atoms with Crippen LogP contribution in [0.3, 0.4) is 0 Å². The number of rotatable bonds is 4. The molecular formula is C14H18N4S2. The number of aromatic nitrogens is 4. The molecule has 1 aliphatic carbocycles. The molecular weight excluding hydrogens is 288 g/mol. The highest BCUT2D eigenvalue weighted by molar-refractivity contribution is 7.99. The van der Waals surface area contributed by atoms with Crippen molar-refractivity contribution in [3.63, 3.8) is 0 Å². The fraction of sp³-hybridized carbons (Fsp3) is 0.500. The molecule has 2 atom stereocenters. The van der Waals surface area contributed by atoms with Crippen molar-refractivity contribution in [1.29, 1.82) is 0 Å². The van der Waals surface area contributed by atoms with Crippen LogP contribution in [0, 0.1) is 4.77 Å². The first kappa shape index (κ1) is 13.8. The van der Waals surface area contributed by atoms with E-state index >= 15 is 0 Å². The topological polar surface area (TPSA) is 46.5 Å². The van der Waals surface area contributed by atoms with Crippen molar-refractivity contribution in [2.24, 2.45) is 0 Å². The molecule has 2 unspecified atom stereocenters. The molecule has 0 aliphatic heterocycles. The Balaban J connectivity index is 2.01. The number of H-pyrrole nitrogens is 1. The minimum absolute atomic E-state index is 0.453. The van der Waals surface area contributed by atoms with E-state index in [1.165, 1.54) is 19.3 Å². The minimum Gasteiger partial charge on any atom is -0.296 e. The quantitative estimate of drug-likeness (QED) is 0.872. The molecule has 2 aromatic heterocycles. The van der Waals surface area contributed by atoms with Crippen molar-refractivity contribution >= 4 is 24.0 Å². The maximum Gasteiger partial charge on any atom is 0.195 e. The highest BCUT2D eigenvalue weighted by Gasteiger charge is 2.31. The second-order valence-corrected chi connectivity index (χ2v) is 6.85. The van der Waals surface area contributed by atoms with Crippen molar-refractivity contribution in [2.75, 3.05) is 5.75 Å². The summed E-state index contributed by atoms with van der Waals surface area (Å²) in [5.41, 5.74) is 1.07. The van der Waals surface area contributed by atoms with Crippen molar-refractivity contribution in [3.8, 4) is 11.4 Å². The summed E-state index contributed by atoms with van der Waals surface area (Å²) >= 11 is 7.50. The standard InChI is InChI=1S/C14H18N4S2/c1-2-20-12-5-3-4-11(12)18-13(16-17-14(18)19)10-6-8-15-9-7-10/h6-9,11-12H,2-5H2,1H3,(H,17,19). The van der Waals surface area contributed by atoms with Gasteiger partial charge >= 0.3 is 0 Å². The lowest BCUT2D eigenvalue weighted by molar-refractivity contribution is 0.526. The van der Waals surface area contributed by atoms with Crippen LogP contribution >= 0.6 is 24.0 Å². The fourth-order valence-electron chi connectivity index (χ4n) is 2.93. The molecule has 1 N–H and O–H groups in total. The maximum atomic E-state index is 5.47. The van der Waals surface area contributed by atoms with Crippen LogP contribution in [0.4, 0.5) is 0 Å². The first-order valence-corrected chi connectivity index (χ1v) is 8.46. The van der Waals surface area contributed by atoms with Crippen molar-refractivity contribution in [1.82, 2.24) is 19.7 Å². The smallest absolute Gasteiger partial charge is 0.195 e. The SMILES string of the molecule is CCSC1CCCC1n1c(-c2ccncc2)n[nH]c1=S. The number of pyridine rings is 1. The Kier molecular flexibility index (Phi) is 4.21. The molecule has 106 valence electrons. The maximum absolute atomic E-state index is 5.47. The second kappa shape index (κ2) is 6.10. The Morgan fingerprint density at radius 1 is 1.40 bits per heavy atom. The molecule has 6 heteroatoms. The third kappa shape index (κ3) is 2.54. The molecule has 1 fully saturated rings. The van der Waals surface area contributed by atoms with Crippen LogP contribution in [0.25, 0.3) is 11.4 Å². The van der Waals surface area contributed by atoms with E-state index in [1.807, 2.05) is 23.9 Å². The molecule has 1 aliphatic rings. The van der Waals surface area contributed by atoms with Gasteiger partial charge < -0.3 is 0 Å². The van der Waals surface area contributed by atoms with E-state index in [0.717, 1.165) is 21.9 Å². The van der Waals surface area contributed by atoms with E-state index in [9.17, 15) is 0 Å². The predicted molar refractivity (Wildman–Crippen MR) is 85.5 cm³/mol. The molecule has 2 heterocycles. The zero-order chi connectivity index (χ0) is 13.9. The molecule has 0 radical (unpaired) electrons. The molecule has 0 aromatic carbocycles. The fourth-order valence-corrected chi connectivity index (χ4v) is 4.44. The normalized spacial score (nSPS) is 22.2. The third-order valence-electron chi connectivity index (χ3n) is 3.77. The van der Waals surface area contributed by atoms with Gasteiger partial charge in [-0.15, -0.1) is 0 Å². The Labute approximate surface area is 128 Å². The average molecular weight is 306 g/mol. The predicted octanol–water partition coefficient (Wildman–Crippen LogP) is 3.85. The van der Waals surface area contributed by atoms with Gasteiger partial charge in [0.05, 0.1) is 0 Å². The summed E-state index contributed by atoms with van der Waals surface area (Å²) in [6.45, 7) is 2.22. The van der Waals surface area contributed by atoms with E-state index in [0.29, 0.717) is 11.3 Å². The van der Waals surface area contributed by atoms with E-state index in [-0.39, 0.29) is 0 Å². The molecule has 4 nitrogen and oxygen atoms in total. The van der Waals surface area contributed by atoms with Gasteiger partial charge in [0.15, 0.2) is 10.6 Å². The van der Waals surface area contributed by atoms with Gasteiger partial charge in [-0.25, -0.2) is 0 Å². The van der Waals surface area contributed by atoms with Crippen LogP contribution in [0.15, 0.2) is 24.5 Å². The molecule has 2 aromatic rings. The lowest BCUT2D eigenvalue weighted by atomic mass is 10.2. The Hall–Kier alpha value is -1.14. The molecule has 1 saturated carbocycles. The van der Waals surface area contributed by atoms with Gasteiger partial charge in [0, 0.05) is 29.2 Å². The van der Waals surface area contributed by atoms with Crippen molar-refractivity contribution in [2.45, 2.75) is 37.5 Å². The zero-order valence-electron chi connectivity index (χ0n) is 11.5. The minimum atomic E-state index is 0.453. The Bertz CT molecular complexity index is 620. The summed E-state index contributed by atoms with van der Waals surface area (Å²) in [5, 5.41) is 8.04. The number of hydrogen-bond donors (Lipinski definition) is 1. The molecule has 3 rings (SSSR count). The molecule has 0 amide bonds. The number of hydrogen-bond acceptors (Lipinski definition) is 4. The van der Waals surface area contributed by atoms with Crippen molar-refractivity contribution in [3.05, 3.63) is 29.3 Å². The van der Waals surface area contributed by atoms with E-state index < -0.39 is 0 Å². The molecule has 20 heavy (non-hydrogen) atoms. The van der Waals surface area contributed by atoms with Crippen LogP contribution in [0.5, 0.6) is 0 Å². The number of nitrogens with one attached hydrogen (secondary N) is 1. The first-order chi connectivity index (χ1) is 9.81. The van der Waals surface area contributed by atoms with Gasteiger partial charge in [-0.05, 0) is 42.9 Å². The molecule has 0 saturated heterocycles. The summed E-state index contributed by atoms with van der Waals surface area (Å²) in [6.07, 6.45) is 7.31. The number of nitrogens with zero attached hydrogens (tertiary/aromatic N) is 3. The monoisotopic (exact) mass is 306 g/mol. The summed E-state index contributed by atoms with van der Waals surface area (Å²) in [5.74, 6) is 2.09. The largest absolute Gasteiger partial charge is 0.296 e. The van der Waals surface area contributed by atoms with E-state index in [2.05, 4.69) is 26.7 Å². The van der Waals surface area contributed by atoms with E-state index in [4.69, 9.17) is 12.2 Å². The molecule has 0 spiro atoms. The van der Waals surface area contributed by atoms with Crippen LogP contribution in [0.1, 0.15) is 32.2 Å². The highest BCUT2D eigenvalue weighted by Crippen LogP contribution is 2.40. The highest BCUT2D eigenvalue weighted by atomic mass is 32.2. The van der Waals surface area contributed by atoms with Crippen LogP contribution in [-0.2, 0) is 0 Å². The molecule has 0 bridgehead atoms. The van der Waals surface area contributed by atoms with Crippen molar-refractivity contribution < 1.29 is 0 Å². The van der Waals surface area contributed by atoms with Gasteiger partial charge in [-0.2, -0.15) is 16.9 Å². The lowest BCUT2D eigenvalue weighted by Crippen LogP contribution is -2.17. The average Bonchev–Trinajstić information content (AvgIpc) is 3.06. The lowest BCUT2D eigenvalue weighted by Gasteiger charge is -2.21. The van der Waals surface area contributed by atoms with Gasteiger partial charge in [-0.1, -0.05) is 13.3 Å². The third-order valence-corrected chi connectivity index (χ3v) is 5.37. The van der Waals surface area contributed by atoms with Gasteiger partial charge in [0.25, 0.3) is 0 Å². The van der Waals surface area contributed by atoms with Crippen LogP contribution in [0.2, 0.25) is 0 Å². The Morgan fingerprint density at radius 3 is 2.95 bits per heavy atom. The van der Waals surface area contributed by atoms with Gasteiger partial charge in [0.1, 0.15) is 0 Å². The zero-order valence-corrected chi connectivity index (χ0v) is 13.1. The van der Waals surface area contributed by atoms with Crippen LogP contribution < -0.4 is 0 Å². The number of thioether (sulfide) groups is 1.